The highest BCUT2D eigenvalue weighted by Gasteiger charge is 2.26. The van der Waals surface area contributed by atoms with Crippen LogP contribution in [0.3, 0.4) is 0 Å². The molecule has 2 aromatic rings. The molecule has 1 saturated carbocycles. The van der Waals surface area contributed by atoms with E-state index in [0.29, 0.717) is 43.0 Å². The van der Waals surface area contributed by atoms with Crippen LogP contribution in [0.1, 0.15) is 25.7 Å². The molecule has 0 radical (unpaired) electrons. The van der Waals surface area contributed by atoms with E-state index < -0.39 is 5.97 Å². The predicted molar refractivity (Wildman–Crippen MR) is 103 cm³/mol. The van der Waals surface area contributed by atoms with E-state index >= 15 is 0 Å². The van der Waals surface area contributed by atoms with Crippen molar-refractivity contribution < 1.29 is 24.2 Å². The Labute approximate surface area is 162 Å². The summed E-state index contributed by atoms with van der Waals surface area (Å²) < 4.78 is 10.7. The number of carboxylic acid groups (broad SMARTS) is 1. The van der Waals surface area contributed by atoms with Crippen LogP contribution in [0.5, 0.6) is 17.4 Å². The average Bonchev–Trinajstić information content (AvgIpc) is 2.70. The van der Waals surface area contributed by atoms with Crippen LogP contribution >= 0.6 is 0 Å². The Bertz CT molecular complexity index is 800. The molecule has 2 amide bonds. The number of methoxy groups -OCH3 is 1. The van der Waals surface area contributed by atoms with Crippen LogP contribution in [-0.2, 0) is 4.79 Å². The second kappa shape index (κ2) is 9.07. The largest absolute Gasteiger partial charge is 0.497 e. The number of carboxylic acids is 1. The van der Waals surface area contributed by atoms with Crippen molar-refractivity contribution in [3.8, 4) is 17.4 Å². The molecule has 0 atom stereocenters. The molecule has 0 aliphatic heterocycles. The maximum absolute atomic E-state index is 12.1. The number of rotatable bonds is 6. The molecule has 3 rings (SSSR count). The Balaban J connectivity index is 1.47. The highest BCUT2D eigenvalue weighted by molar-refractivity contribution is 5.89. The van der Waals surface area contributed by atoms with Crippen molar-refractivity contribution in [1.29, 1.82) is 0 Å². The summed E-state index contributed by atoms with van der Waals surface area (Å²) >= 11 is 0. The van der Waals surface area contributed by atoms with Crippen LogP contribution in [0.15, 0.2) is 42.6 Å². The quantitative estimate of drug-likeness (QED) is 0.700. The third-order valence-corrected chi connectivity index (χ3v) is 4.69. The van der Waals surface area contributed by atoms with Gasteiger partial charge in [-0.2, -0.15) is 0 Å². The Morgan fingerprint density at radius 2 is 1.71 bits per heavy atom. The first kappa shape index (κ1) is 19.5. The van der Waals surface area contributed by atoms with E-state index in [1.54, 1.807) is 43.5 Å². The lowest BCUT2D eigenvalue weighted by atomic mass is 9.86. The van der Waals surface area contributed by atoms with Gasteiger partial charge in [0.05, 0.1) is 24.9 Å². The topological polar surface area (TPSA) is 110 Å². The summed E-state index contributed by atoms with van der Waals surface area (Å²) in [5.41, 5.74) is 0.541. The molecule has 28 heavy (non-hydrogen) atoms. The minimum atomic E-state index is -0.758. The van der Waals surface area contributed by atoms with E-state index in [9.17, 15) is 9.59 Å². The van der Waals surface area contributed by atoms with Gasteiger partial charge in [-0.1, -0.05) is 0 Å². The van der Waals surface area contributed by atoms with Crippen molar-refractivity contribution >= 4 is 17.7 Å². The lowest BCUT2D eigenvalue weighted by Crippen LogP contribution is -2.40. The number of urea groups is 1. The van der Waals surface area contributed by atoms with Crippen molar-refractivity contribution in [2.45, 2.75) is 31.7 Å². The predicted octanol–water partition coefficient (Wildman–Crippen LogP) is 3.65. The molecule has 1 aromatic heterocycles. The Morgan fingerprint density at radius 1 is 1.04 bits per heavy atom. The van der Waals surface area contributed by atoms with E-state index in [-0.39, 0.29) is 18.0 Å². The molecular formula is C20H23N3O5. The first-order chi connectivity index (χ1) is 13.5. The summed E-state index contributed by atoms with van der Waals surface area (Å²) in [4.78, 5) is 27.3. The highest BCUT2D eigenvalue weighted by Crippen LogP contribution is 2.25. The lowest BCUT2D eigenvalue weighted by molar-refractivity contribution is -0.142. The lowest BCUT2D eigenvalue weighted by Gasteiger charge is -2.26. The molecule has 1 aromatic carbocycles. The molecule has 0 unspecified atom stereocenters. The number of carbonyl (C=O) groups excluding carboxylic acids is 1. The molecule has 1 heterocycles. The number of benzene rings is 1. The molecule has 8 heteroatoms. The Morgan fingerprint density at radius 3 is 2.29 bits per heavy atom. The molecule has 0 bridgehead atoms. The fraction of sp³-hybridized carbons (Fsp3) is 0.350. The van der Waals surface area contributed by atoms with E-state index in [2.05, 4.69) is 15.6 Å². The van der Waals surface area contributed by atoms with Gasteiger partial charge in [0.15, 0.2) is 0 Å². The van der Waals surface area contributed by atoms with Crippen LogP contribution < -0.4 is 20.1 Å². The highest BCUT2D eigenvalue weighted by atomic mass is 16.5. The van der Waals surface area contributed by atoms with Crippen LogP contribution in [-0.4, -0.2) is 35.2 Å². The zero-order chi connectivity index (χ0) is 19.9. The van der Waals surface area contributed by atoms with E-state index in [0.717, 1.165) is 5.75 Å². The summed E-state index contributed by atoms with van der Waals surface area (Å²) in [5.74, 6) is 0.712. The van der Waals surface area contributed by atoms with Gasteiger partial charge in [-0.25, -0.2) is 9.78 Å². The van der Waals surface area contributed by atoms with Gasteiger partial charge in [-0.05, 0) is 56.0 Å². The van der Waals surface area contributed by atoms with Crippen LogP contribution in [0, 0.1) is 5.92 Å². The summed E-state index contributed by atoms with van der Waals surface area (Å²) in [6.07, 6.45) is 4.01. The zero-order valence-corrected chi connectivity index (χ0v) is 15.6. The third-order valence-electron chi connectivity index (χ3n) is 4.69. The molecule has 0 spiro atoms. The third kappa shape index (κ3) is 5.35. The van der Waals surface area contributed by atoms with Crippen LogP contribution in [0.2, 0.25) is 0 Å². The van der Waals surface area contributed by atoms with Crippen molar-refractivity contribution in [2.24, 2.45) is 5.92 Å². The summed E-state index contributed by atoms with van der Waals surface area (Å²) in [6, 6.07) is 10.2. The first-order valence-corrected chi connectivity index (χ1v) is 9.12. The maximum Gasteiger partial charge on any atom is 0.319 e. The number of amides is 2. The number of hydrogen-bond donors (Lipinski definition) is 3. The maximum atomic E-state index is 12.1. The van der Waals surface area contributed by atoms with Gasteiger partial charge < -0.3 is 25.2 Å². The van der Waals surface area contributed by atoms with Gasteiger partial charge >= 0.3 is 12.0 Å². The summed E-state index contributed by atoms with van der Waals surface area (Å²) in [7, 11) is 1.60. The number of hydrogen-bond acceptors (Lipinski definition) is 5. The van der Waals surface area contributed by atoms with Gasteiger partial charge in [0.25, 0.3) is 0 Å². The number of aliphatic carboxylic acids is 1. The van der Waals surface area contributed by atoms with Gasteiger partial charge in [0, 0.05) is 12.1 Å². The normalized spacial score (nSPS) is 18.8. The average molecular weight is 385 g/mol. The zero-order valence-electron chi connectivity index (χ0n) is 15.6. The van der Waals surface area contributed by atoms with Gasteiger partial charge in [-0.15, -0.1) is 0 Å². The smallest absolute Gasteiger partial charge is 0.319 e. The number of anilines is 1. The van der Waals surface area contributed by atoms with Crippen molar-refractivity contribution in [1.82, 2.24) is 10.3 Å². The molecule has 148 valence electrons. The summed E-state index contributed by atoms with van der Waals surface area (Å²) in [6.45, 7) is 0. The molecule has 3 N–H and O–H groups in total. The van der Waals surface area contributed by atoms with E-state index in [1.807, 2.05) is 0 Å². The Kier molecular flexibility index (Phi) is 6.31. The molecular weight excluding hydrogens is 362 g/mol. The number of ether oxygens (including phenoxy) is 2. The second-order valence-corrected chi connectivity index (χ2v) is 6.65. The monoisotopic (exact) mass is 385 g/mol. The fourth-order valence-corrected chi connectivity index (χ4v) is 3.12. The van der Waals surface area contributed by atoms with Crippen LogP contribution in [0.25, 0.3) is 0 Å². The van der Waals surface area contributed by atoms with Gasteiger partial charge in [0.2, 0.25) is 5.88 Å². The molecule has 1 aliphatic carbocycles. The first-order valence-electron chi connectivity index (χ1n) is 9.12. The van der Waals surface area contributed by atoms with Crippen molar-refractivity contribution in [3.63, 3.8) is 0 Å². The minimum Gasteiger partial charge on any atom is -0.497 e. The van der Waals surface area contributed by atoms with Crippen molar-refractivity contribution in [3.05, 3.63) is 42.6 Å². The number of carbonyl (C=O) groups is 2. The number of pyridine rings is 1. The SMILES string of the molecule is COc1ccc(Oc2ccc(NC(=O)NC3CCC(C(=O)O)CC3)cn2)cc1. The fourth-order valence-electron chi connectivity index (χ4n) is 3.12. The van der Waals surface area contributed by atoms with E-state index in [4.69, 9.17) is 14.6 Å². The second-order valence-electron chi connectivity index (χ2n) is 6.65. The number of nitrogens with zero attached hydrogens (tertiary/aromatic N) is 1. The molecule has 8 nitrogen and oxygen atoms in total. The standard InChI is InChI=1S/C20H23N3O5/c1-27-16-7-9-17(10-8-16)28-18-11-6-15(12-21-18)23-20(26)22-14-4-2-13(3-5-14)19(24)25/h6-14H,2-5H2,1H3,(H,24,25)(H2,22,23,26). The molecule has 0 saturated heterocycles. The molecule has 1 aliphatic rings. The number of aromatic nitrogens is 1. The number of nitrogens with one attached hydrogen (secondary N) is 2. The minimum absolute atomic E-state index is 0.0127. The van der Waals surface area contributed by atoms with Gasteiger partial charge in [-0.3, -0.25) is 4.79 Å². The van der Waals surface area contributed by atoms with Gasteiger partial charge in [0.1, 0.15) is 11.5 Å². The Hall–Kier alpha value is -3.29. The summed E-state index contributed by atoms with van der Waals surface area (Å²) in [5, 5.41) is 14.6. The molecule has 1 fully saturated rings. The van der Waals surface area contributed by atoms with E-state index in [1.165, 1.54) is 6.20 Å². The van der Waals surface area contributed by atoms with Crippen LogP contribution in [0.4, 0.5) is 10.5 Å². The van der Waals surface area contributed by atoms with Crippen molar-refractivity contribution in [2.75, 3.05) is 12.4 Å².